The Morgan fingerprint density at radius 3 is 2.37 bits per heavy atom. The first-order valence-corrected chi connectivity index (χ1v) is 11.2. The van der Waals surface area contributed by atoms with Crippen molar-refractivity contribution in [1.82, 2.24) is 5.43 Å². The number of benzene rings is 3. The molecule has 0 aliphatic heterocycles. The van der Waals surface area contributed by atoms with Crippen LogP contribution in [0.3, 0.4) is 0 Å². The monoisotopic (exact) mass is 495 g/mol. The van der Waals surface area contributed by atoms with E-state index in [2.05, 4.69) is 15.8 Å². The molecule has 0 saturated carbocycles. The van der Waals surface area contributed by atoms with Crippen LogP contribution in [0.2, 0.25) is 5.02 Å². The van der Waals surface area contributed by atoms with Crippen LogP contribution in [0.1, 0.15) is 24.0 Å². The Labute approximate surface area is 208 Å². The van der Waals surface area contributed by atoms with Crippen molar-refractivity contribution in [2.45, 2.75) is 19.4 Å². The number of methoxy groups -OCH3 is 2. The summed E-state index contributed by atoms with van der Waals surface area (Å²) < 4.78 is 16.4. The number of hydrogen-bond acceptors (Lipinski definition) is 6. The van der Waals surface area contributed by atoms with Crippen LogP contribution in [0.5, 0.6) is 17.2 Å². The fourth-order valence-electron chi connectivity index (χ4n) is 3.08. The second-order valence-corrected chi connectivity index (χ2v) is 7.74. The van der Waals surface area contributed by atoms with Crippen LogP contribution in [0.15, 0.2) is 71.8 Å². The summed E-state index contributed by atoms with van der Waals surface area (Å²) in [6.45, 7) is 0.296. The summed E-state index contributed by atoms with van der Waals surface area (Å²) in [6.07, 6.45) is 1.47. The number of carbonyl (C=O) groups is 2. The zero-order chi connectivity index (χ0) is 25.0. The van der Waals surface area contributed by atoms with E-state index in [-0.39, 0.29) is 24.7 Å². The average molecular weight is 496 g/mol. The topological polar surface area (TPSA) is 98.2 Å². The van der Waals surface area contributed by atoms with E-state index in [1.54, 1.807) is 48.5 Å². The quantitative estimate of drug-likeness (QED) is 0.294. The minimum Gasteiger partial charge on any atom is -0.495 e. The van der Waals surface area contributed by atoms with E-state index in [0.29, 0.717) is 40.1 Å². The van der Waals surface area contributed by atoms with Gasteiger partial charge in [0.25, 0.3) is 0 Å². The summed E-state index contributed by atoms with van der Waals surface area (Å²) in [4.78, 5) is 24.2. The van der Waals surface area contributed by atoms with E-state index >= 15 is 0 Å². The number of rotatable bonds is 11. The number of hydrazone groups is 1. The number of halogens is 1. The summed E-state index contributed by atoms with van der Waals surface area (Å²) in [5.41, 5.74) is 4.52. The third kappa shape index (κ3) is 7.75. The number of nitrogens with one attached hydrogen (secondary N) is 2. The van der Waals surface area contributed by atoms with Crippen molar-refractivity contribution in [2.24, 2.45) is 5.10 Å². The van der Waals surface area contributed by atoms with Crippen molar-refractivity contribution < 1.29 is 23.8 Å². The number of para-hydroxylation sites is 2. The summed E-state index contributed by atoms with van der Waals surface area (Å²) in [5.74, 6) is 0.925. The Balaban J connectivity index is 1.48. The molecule has 8 nitrogen and oxygen atoms in total. The third-order valence-electron chi connectivity index (χ3n) is 4.89. The van der Waals surface area contributed by atoms with Gasteiger partial charge in [-0.05, 0) is 42.0 Å². The second kappa shape index (κ2) is 13.0. The molecular weight excluding hydrogens is 470 g/mol. The van der Waals surface area contributed by atoms with Gasteiger partial charge in [0.1, 0.15) is 12.4 Å². The largest absolute Gasteiger partial charge is 0.495 e. The first-order chi connectivity index (χ1) is 17.0. The number of anilines is 1. The van der Waals surface area contributed by atoms with Crippen molar-refractivity contribution in [3.05, 3.63) is 82.9 Å². The molecule has 0 fully saturated rings. The fourth-order valence-corrected chi connectivity index (χ4v) is 3.27. The number of nitrogens with zero attached hydrogens (tertiary/aromatic N) is 1. The number of amides is 2. The summed E-state index contributed by atoms with van der Waals surface area (Å²) >= 11 is 6.17. The standard InChI is InChI=1S/C26H26ClN3O5/c1-33-22-10-6-5-9-21(22)29-25(31)13-14-26(32)30-28-16-18-11-12-23(24(15-18)34-2)35-17-19-7-3-4-8-20(19)27/h3-12,15-16H,13-14,17H2,1-2H3,(H,29,31)(H,30,32). The lowest BCUT2D eigenvalue weighted by atomic mass is 10.2. The highest BCUT2D eigenvalue weighted by molar-refractivity contribution is 6.31. The van der Waals surface area contributed by atoms with Gasteiger partial charge >= 0.3 is 0 Å². The van der Waals surface area contributed by atoms with Crippen LogP contribution >= 0.6 is 11.6 Å². The smallest absolute Gasteiger partial charge is 0.240 e. The highest BCUT2D eigenvalue weighted by Crippen LogP contribution is 2.29. The molecule has 0 saturated heterocycles. The van der Waals surface area contributed by atoms with E-state index in [1.807, 2.05) is 18.2 Å². The first-order valence-electron chi connectivity index (χ1n) is 10.8. The minimum atomic E-state index is -0.386. The number of carbonyl (C=O) groups excluding carboxylic acids is 2. The van der Waals surface area contributed by atoms with Crippen LogP contribution in [0, 0.1) is 0 Å². The van der Waals surface area contributed by atoms with E-state index in [0.717, 1.165) is 5.56 Å². The molecule has 2 N–H and O–H groups in total. The van der Waals surface area contributed by atoms with Crippen molar-refractivity contribution in [1.29, 1.82) is 0 Å². The predicted molar refractivity (Wildman–Crippen MR) is 135 cm³/mol. The van der Waals surface area contributed by atoms with Crippen LogP contribution in [-0.4, -0.2) is 32.2 Å². The van der Waals surface area contributed by atoms with Crippen molar-refractivity contribution in [3.8, 4) is 17.2 Å². The molecule has 0 aliphatic rings. The van der Waals surface area contributed by atoms with Gasteiger partial charge in [-0.15, -0.1) is 0 Å². The fraction of sp³-hybridized carbons (Fsp3) is 0.192. The Morgan fingerprint density at radius 1 is 0.886 bits per heavy atom. The third-order valence-corrected chi connectivity index (χ3v) is 5.26. The van der Waals surface area contributed by atoms with E-state index in [4.69, 9.17) is 25.8 Å². The average Bonchev–Trinajstić information content (AvgIpc) is 2.87. The molecule has 0 aliphatic carbocycles. The predicted octanol–water partition coefficient (Wildman–Crippen LogP) is 4.81. The van der Waals surface area contributed by atoms with Gasteiger partial charge in [-0.3, -0.25) is 9.59 Å². The molecule has 2 amide bonds. The Kier molecular flexibility index (Phi) is 9.50. The second-order valence-electron chi connectivity index (χ2n) is 7.33. The van der Waals surface area contributed by atoms with E-state index in [9.17, 15) is 9.59 Å². The molecule has 0 bridgehead atoms. The molecule has 3 rings (SSSR count). The molecule has 9 heteroatoms. The number of hydrogen-bond donors (Lipinski definition) is 2. The molecule has 182 valence electrons. The van der Waals surface area contributed by atoms with Gasteiger partial charge in [-0.25, -0.2) is 5.43 Å². The summed E-state index contributed by atoms with van der Waals surface area (Å²) in [5, 5.41) is 7.30. The van der Waals surface area contributed by atoms with Gasteiger partial charge in [0.05, 0.1) is 26.1 Å². The molecule has 0 radical (unpaired) electrons. The Morgan fingerprint density at radius 2 is 1.60 bits per heavy atom. The van der Waals surface area contributed by atoms with Crippen LogP contribution in [0.25, 0.3) is 0 Å². The van der Waals surface area contributed by atoms with Gasteiger partial charge in [0.15, 0.2) is 11.5 Å². The first kappa shape index (κ1) is 25.6. The maximum absolute atomic E-state index is 12.1. The lowest BCUT2D eigenvalue weighted by Crippen LogP contribution is -2.20. The van der Waals surface area contributed by atoms with Gasteiger partial charge < -0.3 is 19.5 Å². The lowest BCUT2D eigenvalue weighted by Gasteiger charge is -2.12. The zero-order valence-electron chi connectivity index (χ0n) is 19.4. The molecule has 0 spiro atoms. The molecule has 0 aromatic heterocycles. The highest BCUT2D eigenvalue weighted by atomic mass is 35.5. The van der Waals surface area contributed by atoms with Gasteiger partial charge in [0.2, 0.25) is 11.8 Å². The normalized spacial score (nSPS) is 10.6. The van der Waals surface area contributed by atoms with Gasteiger partial charge in [-0.2, -0.15) is 5.10 Å². The maximum atomic E-state index is 12.1. The van der Waals surface area contributed by atoms with Crippen molar-refractivity contribution >= 4 is 35.3 Å². The van der Waals surface area contributed by atoms with Crippen LogP contribution < -0.4 is 25.0 Å². The van der Waals surface area contributed by atoms with E-state index in [1.165, 1.54) is 20.4 Å². The molecule has 35 heavy (non-hydrogen) atoms. The molecular formula is C26H26ClN3O5. The molecule has 3 aromatic carbocycles. The molecule has 0 atom stereocenters. The highest BCUT2D eigenvalue weighted by Gasteiger charge is 2.10. The maximum Gasteiger partial charge on any atom is 0.240 e. The summed E-state index contributed by atoms with van der Waals surface area (Å²) in [7, 11) is 3.06. The summed E-state index contributed by atoms with van der Waals surface area (Å²) in [6, 6.07) is 19.8. The minimum absolute atomic E-state index is 0.00465. The molecule has 3 aromatic rings. The van der Waals surface area contributed by atoms with Crippen molar-refractivity contribution in [2.75, 3.05) is 19.5 Å². The molecule has 0 heterocycles. The molecule has 0 unspecified atom stereocenters. The van der Waals surface area contributed by atoms with Gasteiger partial charge in [-0.1, -0.05) is 41.9 Å². The Bertz CT molecular complexity index is 1200. The van der Waals surface area contributed by atoms with Crippen molar-refractivity contribution in [3.63, 3.8) is 0 Å². The van der Waals surface area contributed by atoms with Gasteiger partial charge in [0, 0.05) is 23.4 Å². The lowest BCUT2D eigenvalue weighted by molar-refractivity contribution is -0.124. The Hall–Kier alpha value is -4.04. The zero-order valence-corrected chi connectivity index (χ0v) is 20.2. The van der Waals surface area contributed by atoms with Crippen LogP contribution in [-0.2, 0) is 16.2 Å². The SMILES string of the molecule is COc1ccccc1NC(=O)CCC(=O)NN=Cc1ccc(OCc2ccccc2Cl)c(OC)c1. The van der Waals surface area contributed by atoms with E-state index < -0.39 is 0 Å². The van der Waals surface area contributed by atoms with Crippen LogP contribution in [0.4, 0.5) is 5.69 Å². The number of ether oxygens (including phenoxy) is 3.